The first-order chi connectivity index (χ1) is 18.3. The van der Waals surface area contributed by atoms with E-state index in [2.05, 4.69) is 48.5 Å². The van der Waals surface area contributed by atoms with E-state index < -0.39 is 7.01 Å². The summed E-state index contributed by atoms with van der Waals surface area (Å²) in [5.74, 6) is 1.22. The van der Waals surface area contributed by atoms with Crippen LogP contribution in [0.1, 0.15) is 32.1 Å². The van der Waals surface area contributed by atoms with Crippen molar-refractivity contribution >= 4 is 57.2 Å². The van der Waals surface area contributed by atoms with Crippen LogP contribution >= 0.6 is 21.2 Å². The van der Waals surface area contributed by atoms with Crippen LogP contribution in [0.25, 0.3) is 0 Å². The van der Waals surface area contributed by atoms with Crippen LogP contribution in [0.3, 0.4) is 0 Å². The van der Waals surface area contributed by atoms with Crippen molar-refractivity contribution in [1.29, 1.82) is 0 Å². The number of hydrogen-bond donors (Lipinski definition) is 2. The molecule has 0 aliphatic carbocycles. The predicted molar refractivity (Wildman–Crippen MR) is 158 cm³/mol. The number of para-hydroxylation sites is 1. The number of benzene rings is 2. The summed E-state index contributed by atoms with van der Waals surface area (Å²) in [6, 6.07) is 12.7. The normalized spacial score (nSPS) is 17.8. The van der Waals surface area contributed by atoms with Crippen molar-refractivity contribution in [2.45, 2.75) is 42.5 Å². The van der Waals surface area contributed by atoms with Crippen LogP contribution in [0.5, 0.6) is 5.75 Å². The summed E-state index contributed by atoms with van der Waals surface area (Å²) in [5.41, 5.74) is 2.61. The van der Waals surface area contributed by atoms with Crippen molar-refractivity contribution in [1.82, 2.24) is 19.9 Å². The van der Waals surface area contributed by atoms with Gasteiger partial charge in [-0.15, -0.1) is 0 Å². The van der Waals surface area contributed by atoms with Crippen LogP contribution in [-0.4, -0.2) is 67.6 Å². The quantitative estimate of drug-likeness (QED) is 0.270. The van der Waals surface area contributed by atoms with Crippen molar-refractivity contribution in [3.8, 4) is 5.75 Å². The van der Waals surface area contributed by atoms with Crippen molar-refractivity contribution in [3.05, 3.63) is 48.8 Å². The molecule has 2 aromatic carbocycles. The molecule has 5 rings (SSSR count). The number of ether oxygens (including phenoxy) is 1. The van der Waals surface area contributed by atoms with Gasteiger partial charge >= 0.3 is 0 Å². The molecule has 1 spiro atoms. The Morgan fingerprint density at radius 2 is 1.66 bits per heavy atom. The maximum absolute atomic E-state index is 12.1. The van der Waals surface area contributed by atoms with Crippen LogP contribution in [0, 0.1) is 0 Å². The van der Waals surface area contributed by atoms with Gasteiger partial charge in [-0.25, -0.2) is 18.4 Å². The van der Waals surface area contributed by atoms with Crippen LogP contribution in [0.15, 0.2) is 53.7 Å². The SMILES string of the molecule is COc1cc(N2CCC3(CCCCN3C)CC2)ccc1Nc1ncnc(Nc2ccccc2S(=O)(=O)I)n1. The molecule has 12 heteroatoms. The summed E-state index contributed by atoms with van der Waals surface area (Å²) in [4.78, 5) is 18.0. The number of aromatic nitrogens is 3. The molecule has 1 aromatic heterocycles. The lowest BCUT2D eigenvalue weighted by Crippen LogP contribution is -2.56. The zero-order chi connectivity index (χ0) is 26.8. The lowest BCUT2D eigenvalue weighted by molar-refractivity contribution is 0.0495. The van der Waals surface area contributed by atoms with E-state index in [4.69, 9.17) is 4.74 Å². The van der Waals surface area contributed by atoms with E-state index in [1.165, 1.54) is 72.2 Å². The fourth-order valence-electron chi connectivity index (χ4n) is 5.46. The van der Waals surface area contributed by atoms with Gasteiger partial charge in [0.05, 0.1) is 39.7 Å². The molecule has 2 fully saturated rings. The molecule has 0 atom stereocenters. The smallest absolute Gasteiger partial charge is 0.233 e. The van der Waals surface area contributed by atoms with E-state index in [0.717, 1.165) is 24.5 Å². The van der Waals surface area contributed by atoms with E-state index in [1.807, 2.05) is 12.1 Å². The first kappa shape index (κ1) is 26.9. The monoisotopic (exact) mass is 649 g/mol. The van der Waals surface area contributed by atoms with Crippen LogP contribution in [0.2, 0.25) is 0 Å². The Bertz CT molecular complexity index is 1400. The molecule has 3 aromatic rings. The Morgan fingerprint density at radius 3 is 2.34 bits per heavy atom. The Kier molecular flexibility index (Phi) is 7.91. The molecule has 0 saturated carbocycles. The summed E-state index contributed by atoms with van der Waals surface area (Å²) in [6.07, 6.45) is 7.65. The predicted octanol–water partition coefficient (Wildman–Crippen LogP) is 4.95. The standard InChI is InChI=1S/C26H32IN7O3S/c1-33-14-6-5-11-26(33)12-15-34(16-13-26)19-9-10-20(22(17-19)37-2)30-24-28-18-29-25(32-24)31-21-7-3-4-8-23(21)38(27,35)36/h3-4,7-10,17-18H,5-6,11-16H2,1-2H3,(H2,28,29,30,31,32). The van der Waals surface area contributed by atoms with Gasteiger partial charge in [-0.2, -0.15) is 4.98 Å². The zero-order valence-corrected chi connectivity index (χ0v) is 24.5. The lowest BCUT2D eigenvalue weighted by atomic mass is 9.79. The largest absolute Gasteiger partial charge is 0.494 e. The third-order valence-corrected chi connectivity index (χ3v) is 9.96. The van der Waals surface area contributed by atoms with Gasteiger partial charge in [0.25, 0.3) is 0 Å². The fraction of sp³-hybridized carbons (Fsp3) is 0.423. The third kappa shape index (κ3) is 5.81. The Hall–Kier alpha value is -2.71. The summed E-state index contributed by atoms with van der Waals surface area (Å²) >= 11 is 1.42. The molecule has 202 valence electrons. The van der Waals surface area contributed by atoms with Crippen LogP contribution < -0.4 is 20.3 Å². The van der Waals surface area contributed by atoms with Crippen molar-refractivity contribution in [2.24, 2.45) is 0 Å². The van der Waals surface area contributed by atoms with Gasteiger partial charge in [0.1, 0.15) is 17.0 Å². The molecule has 0 unspecified atom stereocenters. The van der Waals surface area contributed by atoms with Crippen LogP contribution in [0.4, 0.5) is 29.0 Å². The Morgan fingerprint density at radius 1 is 0.947 bits per heavy atom. The first-order valence-electron chi connectivity index (χ1n) is 12.7. The molecule has 38 heavy (non-hydrogen) atoms. The first-order valence-corrected chi connectivity index (χ1v) is 16.7. The molecule has 2 N–H and O–H groups in total. The van der Waals surface area contributed by atoms with Gasteiger partial charge in [-0.05, 0) is 63.5 Å². The number of hydrogen-bond acceptors (Lipinski definition) is 10. The van der Waals surface area contributed by atoms with Crippen molar-refractivity contribution < 1.29 is 13.2 Å². The van der Waals surface area contributed by atoms with Gasteiger partial charge in [-0.1, -0.05) is 18.6 Å². The Labute approximate surface area is 235 Å². The average Bonchev–Trinajstić information content (AvgIpc) is 2.91. The van der Waals surface area contributed by atoms with Gasteiger partial charge in [0.2, 0.25) is 18.9 Å². The molecule has 2 aliphatic heterocycles. The number of nitrogens with zero attached hydrogens (tertiary/aromatic N) is 5. The number of halogens is 1. The minimum atomic E-state index is -3.45. The molecular weight excluding hydrogens is 617 g/mol. The number of rotatable bonds is 7. The maximum Gasteiger partial charge on any atom is 0.233 e. The highest BCUT2D eigenvalue weighted by molar-refractivity contribution is 14.2. The lowest BCUT2D eigenvalue weighted by Gasteiger charge is -2.50. The van der Waals surface area contributed by atoms with Gasteiger partial charge in [-0.3, -0.25) is 0 Å². The number of likely N-dealkylation sites (tertiary alicyclic amines) is 1. The van der Waals surface area contributed by atoms with Crippen LogP contribution in [-0.2, 0) is 7.01 Å². The van der Waals surface area contributed by atoms with E-state index in [-0.39, 0.29) is 10.8 Å². The second-order valence-electron chi connectivity index (χ2n) is 9.79. The van der Waals surface area contributed by atoms with E-state index >= 15 is 0 Å². The summed E-state index contributed by atoms with van der Waals surface area (Å²) in [5, 5.41) is 6.19. The highest BCUT2D eigenvalue weighted by Crippen LogP contribution is 2.39. The average molecular weight is 650 g/mol. The number of anilines is 5. The van der Waals surface area contributed by atoms with E-state index in [1.54, 1.807) is 25.3 Å². The van der Waals surface area contributed by atoms with E-state index in [0.29, 0.717) is 22.9 Å². The number of nitrogens with one attached hydrogen (secondary N) is 2. The molecule has 0 radical (unpaired) electrons. The van der Waals surface area contributed by atoms with Gasteiger partial charge in [0, 0.05) is 30.4 Å². The molecule has 0 bridgehead atoms. The molecule has 2 aliphatic rings. The Balaban J connectivity index is 1.29. The molecule has 3 heterocycles. The second-order valence-corrected chi connectivity index (χ2v) is 14.6. The minimum Gasteiger partial charge on any atom is -0.494 e. The summed E-state index contributed by atoms with van der Waals surface area (Å²) in [7, 11) is 0.481. The highest BCUT2D eigenvalue weighted by atomic mass is 127. The third-order valence-electron chi connectivity index (χ3n) is 7.65. The topological polar surface area (TPSA) is 113 Å². The number of methoxy groups -OCH3 is 1. The summed E-state index contributed by atoms with van der Waals surface area (Å²) < 4.78 is 29.9. The fourth-order valence-corrected chi connectivity index (χ4v) is 7.24. The molecule has 0 amide bonds. The maximum atomic E-state index is 12.1. The molecule has 10 nitrogen and oxygen atoms in total. The molecular formula is C26H32IN7O3S. The molecule has 2 saturated heterocycles. The van der Waals surface area contributed by atoms with Crippen molar-refractivity contribution in [3.63, 3.8) is 0 Å². The van der Waals surface area contributed by atoms with Gasteiger partial charge < -0.3 is 25.2 Å². The van der Waals surface area contributed by atoms with Crippen molar-refractivity contribution in [2.75, 3.05) is 49.3 Å². The highest BCUT2D eigenvalue weighted by Gasteiger charge is 2.39. The summed E-state index contributed by atoms with van der Waals surface area (Å²) in [6.45, 7) is 3.25. The second kappa shape index (κ2) is 11.2. The number of piperidine rings is 2. The van der Waals surface area contributed by atoms with Gasteiger partial charge in [0.15, 0.2) is 0 Å². The minimum absolute atomic E-state index is 0.159. The zero-order valence-electron chi connectivity index (χ0n) is 21.5. The van der Waals surface area contributed by atoms with E-state index in [9.17, 15) is 8.42 Å².